The van der Waals surface area contributed by atoms with Crippen LogP contribution in [0.4, 0.5) is 5.69 Å². The summed E-state index contributed by atoms with van der Waals surface area (Å²) in [7, 11) is 0. The number of benzene rings is 2. The van der Waals surface area contributed by atoms with Crippen LogP contribution in [0, 0.1) is 0 Å². The molecule has 26 heavy (non-hydrogen) atoms. The largest absolute Gasteiger partial charge is 0.326 e. The Hall–Kier alpha value is -2.41. The van der Waals surface area contributed by atoms with Crippen LogP contribution in [-0.4, -0.2) is 20.7 Å². The minimum Gasteiger partial charge on any atom is -0.326 e. The van der Waals surface area contributed by atoms with E-state index >= 15 is 0 Å². The Balaban J connectivity index is 1.94. The number of nitrogens with zero attached hydrogens (tertiary/aromatic N) is 3. The number of nitrogens with two attached hydrogens (primary N) is 1. The number of hydrogen-bond donors (Lipinski definition) is 2. The topological polar surface area (TPSA) is 85.8 Å². The van der Waals surface area contributed by atoms with Gasteiger partial charge in [-0.2, -0.15) is 0 Å². The molecule has 0 atom stereocenters. The highest BCUT2D eigenvalue weighted by Gasteiger charge is 2.19. The van der Waals surface area contributed by atoms with Crippen LogP contribution in [0.1, 0.15) is 28.9 Å². The second kappa shape index (κ2) is 7.86. The number of carbonyl (C=O) groups excluding carboxylic acids is 1. The predicted molar refractivity (Wildman–Crippen MR) is 103 cm³/mol. The van der Waals surface area contributed by atoms with E-state index in [1.165, 1.54) is 4.68 Å². The lowest BCUT2D eigenvalue weighted by molar-refractivity contribution is 0.101. The molecule has 0 fully saturated rings. The van der Waals surface area contributed by atoms with Crippen LogP contribution in [0.5, 0.6) is 0 Å². The zero-order valence-corrected chi connectivity index (χ0v) is 15.6. The number of halogens is 2. The fourth-order valence-electron chi connectivity index (χ4n) is 2.50. The predicted octanol–water partition coefficient (Wildman–Crippen LogP) is 3.85. The number of anilines is 1. The van der Waals surface area contributed by atoms with Gasteiger partial charge in [0, 0.05) is 18.7 Å². The molecule has 3 N–H and O–H groups in total. The fraction of sp³-hybridized carbons (Fsp3) is 0.167. The first-order chi connectivity index (χ1) is 12.5. The number of carbonyl (C=O) groups is 1. The van der Waals surface area contributed by atoms with Gasteiger partial charge in [-0.05, 0) is 29.8 Å². The Kier molecular flexibility index (Phi) is 5.56. The first-order valence-corrected chi connectivity index (χ1v) is 8.79. The van der Waals surface area contributed by atoms with E-state index in [-0.39, 0.29) is 5.82 Å². The maximum atomic E-state index is 12.5. The van der Waals surface area contributed by atoms with Crippen molar-refractivity contribution >= 4 is 34.8 Å². The van der Waals surface area contributed by atoms with E-state index in [1.54, 1.807) is 30.3 Å². The molecule has 3 rings (SSSR count). The molecular weight excluding hydrogens is 373 g/mol. The number of aryl methyl sites for hydroxylation is 1. The zero-order chi connectivity index (χ0) is 18.7. The monoisotopic (exact) mass is 389 g/mol. The summed E-state index contributed by atoms with van der Waals surface area (Å²) in [5, 5.41) is 7.95. The van der Waals surface area contributed by atoms with Gasteiger partial charge in [0.25, 0.3) is 5.91 Å². The van der Waals surface area contributed by atoms with Crippen LogP contribution in [0.3, 0.4) is 0 Å². The summed E-state index contributed by atoms with van der Waals surface area (Å²) >= 11 is 12.5. The third kappa shape index (κ3) is 3.72. The first kappa shape index (κ1) is 18.4. The second-order valence-electron chi connectivity index (χ2n) is 5.55. The molecule has 0 unspecified atom stereocenters. The Morgan fingerprint density at radius 2 is 1.88 bits per heavy atom. The van der Waals surface area contributed by atoms with E-state index < -0.39 is 5.91 Å². The number of para-hydroxylation sites is 1. The minimum absolute atomic E-state index is 0.0380. The molecule has 0 aliphatic heterocycles. The summed E-state index contributed by atoms with van der Waals surface area (Å²) in [5.41, 5.74) is 7.68. The summed E-state index contributed by atoms with van der Waals surface area (Å²) < 4.78 is 1.51. The highest BCUT2D eigenvalue weighted by atomic mass is 35.5. The average molecular weight is 390 g/mol. The van der Waals surface area contributed by atoms with Crippen LogP contribution in [0.15, 0.2) is 42.5 Å². The summed E-state index contributed by atoms with van der Waals surface area (Å²) in [6, 6.07) is 12.5. The van der Waals surface area contributed by atoms with Crippen molar-refractivity contribution in [3.8, 4) is 5.69 Å². The molecule has 0 aliphatic rings. The van der Waals surface area contributed by atoms with Crippen LogP contribution >= 0.6 is 23.2 Å². The molecule has 0 spiro atoms. The van der Waals surface area contributed by atoms with Crippen molar-refractivity contribution in [2.75, 3.05) is 5.32 Å². The third-order valence-electron chi connectivity index (χ3n) is 3.76. The van der Waals surface area contributed by atoms with Crippen LogP contribution < -0.4 is 11.1 Å². The summed E-state index contributed by atoms with van der Waals surface area (Å²) in [4.78, 5) is 16.9. The van der Waals surface area contributed by atoms with Crippen molar-refractivity contribution in [1.29, 1.82) is 0 Å². The maximum Gasteiger partial charge on any atom is 0.295 e. The van der Waals surface area contributed by atoms with Crippen LogP contribution in [0.2, 0.25) is 10.0 Å². The van der Waals surface area contributed by atoms with Crippen molar-refractivity contribution in [3.05, 3.63) is 69.7 Å². The lowest BCUT2D eigenvalue weighted by Crippen LogP contribution is -2.14. The average Bonchev–Trinajstić information content (AvgIpc) is 3.06. The Morgan fingerprint density at radius 3 is 2.54 bits per heavy atom. The number of rotatable bonds is 5. The highest BCUT2D eigenvalue weighted by Crippen LogP contribution is 2.28. The molecule has 2 aromatic carbocycles. The Labute approximate surface area is 160 Å². The molecule has 0 radical (unpaired) electrons. The fourth-order valence-corrected chi connectivity index (χ4v) is 3.06. The van der Waals surface area contributed by atoms with E-state index in [9.17, 15) is 4.79 Å². The van der Waals surface area contributed by atoms with E-state index in [2.05, 4.69) is 15.4 Å². The normalized spacial score (nSPS) is 10.8. The van der Waals surface area contributed by atoms with E-state index in [0.717, 1.165) is 5.56 Å². The number of aromatic nitrogens is 3. The Bertz CT molecular complexity index is 934. The standard InChI is InChI=1S/C18H17Cl2N5O/c1-2-15-23-17(18(26)22-12-6-3-5-11(9-12)10-21)24-25(15)16-13(19)7-4-8-14(16)20/h3-9H,2,10,21H2,1H3,(H,22,26). The van der Waals surface area contributed by atoms with Crippen LogP contribution in [-0.2, 0) is 13.0 Å². The molecule has 0 saturated carbocycles. The van der Waals surface area contributed by atoms with Crippen molar-refractivity contribution in [2.24, 2.45) is 5.73 Å². The van der Waals surface area contributed by atoms with Gasteiger partial charge in [-0.1, -0.05) is 48.3 Å². The van der Waals surface area contributed by atoms with Crippen molar-refractivity contribution < 1.29 is 4.79 Å². The summed E-state index contributed by atoms with van der Waals surface area (Å²) in [6.07, 6.45) is 0.560. The van der Waals surface area contributed by atoms with Crippen molar-refractivity contribution in [1.82, 2.24) is 14.8 Å². The number of nitrogens with one attached hydrogen (secondary N) is 1. The lowest BCUT2D eigenvalue weighted by atomic mass is 10.2. The second-order valence-corrected chi connectivity index (χ2v) is 6.36. The molecule has 134 valence electrons. The molecule has 3 aromatic rings. The molecule has 1 amide bonds. The van der Waals surface area contributed by atoms with Gasteiger partial charge in [-0.15, -0.1) is 5.10 Å². The summed E-state index contributed by atoms with van der Waals surface area (Å²) in [5.74, 6) is 0.202. The smallest absolute Gasteiger partial charge is 0.295 e. The summed E-state index contributed by atoms with van der Waals surface area (Å²) in [6.45, 7) is 2.30. The third-order valence-corrected chi connectivity index (χ3v) is 4.37. The van der Waals surface area contributed by atoms with Gasteiger partial charge in [-0.25, -0.2) is 9.67 Å². The molecule has 0 saturated heterocycles. The van der Waals surface area contributed by atoms with E-state index in [4.69, 9.17) is 28.9 Å². The zero-order valence-electron chi connectivity index (χ0n) is 14.0. The Morgan fingerprint density at radius 1 is 1.19 bits per heavy atom. The highest BCUT2D eigenvalue weighted by molar-refractivity contribution is 6.37. The van der Waals surface area contributed by atoms with E-state index in [0.29, 0.717) is 40.2 Å². The van der Waals surface area contributed by atoms with Gasteiger partial charge in [-0.3, -0.25) is 4.79 Å². The van der Waals surface area contributed by atoms with Gasteiger partial charge < -0.3 is 11.1 Å². The molecule has 8 heteroatoms. The van der Waals surface area contributed by atoms with Gasteiger partial charge >= 0.3 is 0 Å². The lowest BCUT2D eigenvalue weighted by Gasteiger charge is -2.08. The SMILES string of the molecule is CCc1nc(C(=O)Nc2cccc(CN)c2)nn1-c1c(Cl)cccc1Cl. The van der Waals surface area contributed by atoms with E-state index in [1.807, 2.05) is 19.1 Å². The first-order valence-electron chi connectivity index (χ1n) is 8.04. The molecule has 6 nitrogen and oxygen atoms in total. The van der Waals surface area contributed by atoms with Gasteiger partial charge in [0.2, 0.25) is 5.82 Å². The van der Waals surface area contributed by atoms with Crippen LogP contribution in [0.25, 0.3) is 5.69 Å². The number of amides is 1. The molecule has 0 bridgehead atoms. The molecule has 1 aromatic heterocycles. The maximum absolute atomic E-state index is 12.5. The quantitative estimate of drug-likeness (QED) is 0.693. The molecule has 1 heterocycles. The molecule has 0 aliphatic carbocycles. The number of hydrogen-bond acceptors (Lipinski definition) is 4. The van der Waals surface area contributed by atoms with Gasteiger partial charge in [0.05, 0.1) is 10.0 Å². The van der Waals surface area contributed by atoms with Gasteiger partial charge in [0.1, 0.15) is 11.5 Å². The van der Waals surface area contributed by atoms with Crippen molar-refractivity contribution in [3.63, 3.8) is 0 Å². The van der Waals surface area contributed by atoms with Crippen molar-refractivity contribution in [2.45, 2.75) is 19.9 Å². The van der Waals surface area contributed by atoms with Gasteiger partial charge in [0.15, 0.2) is 0 Å². The molecular formula is C18H17Cl2N5O. The minimum atomic E-state index is -0.421.